The van der Waals surface area contributed by atoms with E-state index in [2.05, 4.69) is 10.4 Å². The quantitative estimate of drug-likeness (QED) is 0.874. The summed E-state index contributed by atoms with van der Waals surface area (Å²) in [5, 5.41) is 7.48. The molecule has 0 aromatic carbocycles. The number of fused-ring (bicyclic) bond motifs is 1. The van der Waals surface area contributed by atoms with Crippen LogP contribution >= 0.6 is 0 Å². The van der Waals surface area contributed by atoms with E-state index in [4.69, 9.17) is 4.74 Å². The standard InChI is InChI=1S/C14H23N3O2/c1-4-19-10(2)14(18)15-9-13-11-7-5-6-8-12(11)16-17(13)3/h10H,4-9H2,1-3H3,(H,15,18)/t10-/m1/s1. The number of hydrogen-bond donors (Lipinski definition) is 1. The summed E-state index contributed by atoms with van der Waals surface area (Å²) < 4.78 is 7.19. The summed E-state index contributed by atoms with van der Waals surface area (Å²) in [6.45, 7) is 4.75. The van der Waals surface area contributed by atoms with Gasteiger partial charge in [-0.25, -0.2) is 0 Å². The minimum atomic E-state index is -0.394. The average Bonchev–Trinajstić information content (AvgIpc) is 2.72. The Bertz CT molecular complexity index is 454. The number of aromatic nitrogens is 2. The lowest BCUT2D eigenvalue weighted by Gasteiger charge is -2.14. The summed E-state index contributed by atoms with van der Waals surface area (Å²) in [6.07, 6.45) is 4.18. The molecule has 1 aliphatic carbocycles. The van der Waals surface area contributed by atoms with E-state index < -0.39 is 6.10 Å². The Morgan fingerprint density at radius 1 is 1.47 bits per heavy atom. The van der Waals surface area contributed by atoms with Crippen LogP contribution in [-0.4, -0.2) is 28.4 Å². The van der Waals surface area contributed by atoms with Crippen molar-refractivity contribution in [1.29, 1.82) is 0 Å². The zero-order valence-corrected chi connectivity index (χ0v) is 12.0. The summed E-state index contributed by atoms with van der Waals surface area (Å²) >= 11 is 0. The van der Waals surface area contributed by atoms with Gasteiger partial charge in [-0.3, -0.25) is 9.48 Å². The number of carbonyl (C=O) groups excluding carboxylic acids is 1. The molecule has 0 saturated carbocycles. The molecule has 0 aliphatic heterocycles. The minimum Gasteiger partial charge on any atom is -0.369 e. The van der Waals surface area contributed by atoms with Gasteiger partial charge in [-0.2, -0.15) is 5.10 Å². The molecule has 0 spiro atoms. The molecule has 0 unspecified atom stereocenters. The van der Waals surface area contributed by atoms with Crippen molar-refractivity contribution < 1.29 is 9.53 Å². The third-order valence-corrected chi connectivity index (χ3v) is 3.66. The second-order valence-corrected chi connectivity index (χ2v) is 5.02. The van der Waals surface area contributed by atoms with E-state index in [9.17, 15) is 4.79 Å². The molecule has 106 valence electrons. The van der Waals surface area contributed by atoms with Crippen LogP contribution in [-0.2, 0) is 36.0 Å². The lowest BCUT2D eigenvalue weighted by molar-refractivity contribution is -0.131. The van der Waals surface area contributed by atoms with E-state index in [-0.39, 0.29) is 5.91 Å². The highest BCUT2D eigenvalue weighted by Gasteiger charge is 2.20. The largest absolute Gasteiger partial charge is 0.369 e. The number of ether oxygens (including phenoxy) is 1. The second-order valence-electron chi connectivity index (χ2n) is 5.02. The molecule has 1 aromatic heterocycles. The van der Waals surface area contributed by atoms with Crippen LogP contribution in [0.3, 0.4) is 0 Å². The van der Waals surface area contributed by atoms with Crippen LogP contribution in [0, 0.1) is 0 Å². The van der Waals surface area contributed by atoms with Gasteiger partial charge in [0, 0.05) is 13.7 Å². The number of rotatable bonds is 5. The van der Waals surface area contributed by atoms with Crippen molar-refractivity contribution in [2.24, 2.45) is 7.05 Å². The molecule has 0 saturated heterocycles. The predicted octanol–water partition coefficient (Wildman–Crippen LogP) is 1.34. The molecule has 5 heteroatoms. The van der Waals surface area contributed by atoms with Gasteiger partial charge < -0.3 is 10.1 Å². The molecule has 5 nitrogen and oxygen atoms in total. The fourth-order valence-corrected chi connectivity index (χ4v) is 2.61. The van der Waals surface area contributed by atoms with Gasteiger partial charge in [-0.05, 0) is 45.1 Å². The lowest BCUT2D eigenvalue weighted by atomic mass is 9.96. The first kappa shape index (κ1) is 14.1. The van der Waals surface area contributed by atoms with Crippen molar-refractivity contribution in [3.8, 4) is 0 Å². The maximum Gasteiger partial charge on any atom is 0.249 e. The molecule has 0 fully saturated rings. The average molecular weight is 265 g/mol. The van der Waals surface area contributed by atoms with Gasteiger partial charge in [0.15, 0.2) is 0 Å². The van der Waals surface area contributed by atoms with Crippen molar-refractivity contribution in [3.63, 3.8) is 0 Å². The van der Waals surface area contributed by atoms with Gasteiger partial charge in [0.25, 0.3) is 0 Å². The zero-order valence-electron chi connectivity index (χ0n) is 12.0. The molecule has 0 radical (unpaired) electrons. The van der Waals surface area contributed by atoms with Gasteiger partial charge in [-0.15, -0.1) is 0 Å². The summed E-state index contributed by atoms with van der Waals surface area (Å²) in [4.78, 5) is 11.8. The number of nitrogens with zero attached hydrogens (tertiary/aromatic N) is 2. The molecule has 19 heavy (non-hydrogen) atoms. The first-order chi connectivity index (χ1) is 9.13. The molecule has 1 aliphatic rings. The number of amides is 1. The molecule has 1 heterocycles. The van der Waals surface area contributed by atoms with Crippen LogP contribution in [0.5, 0.6) is 0 Å². The highest BCUT2D eigenvalue weighted by atomic mass is 16.5. The van der Waals surface area contributed by atoms with Crippen molar-refractivity contribution in [3.05, 3.63) is 17.0 Å². The number of aryl methyl sites for hydroxylation is 2. The van der Waals surface area contributed by atoms with Crippen LogP contribution in [0.25, 0.3) is 0 Å². The fourth-order valence-electron chi connectivity index (χ4n) is 2.61. The molecule has 2 rings (SSSR count). The van der Waals surface area contributed by atoms with Crippen LogP contribution in [0.2, 0.25) is 0 Å². The maximum atomic E-state index is 11.8. The summed E-state index contributed by atoms with van der Waals surface area (Å²) in [5.41, 5.74) is 3.67. The third kappa shape index (κ3) is 3.15. The second kappa shape index (κ2) is 6.19. The van der Waals surface area contributed by atoms with E-state index in [0.29, 0.717) is 13.2 Å². The Morgan fingerprint density at radius 2 is 2.21 bits per heavy atom. The van der Waals surface area contributed by atoms with E-state index in [1.165, 1.54) is 24.1 Å². The highest BCUT2D eigenvalue weighted by Crippen LogP contribution is 2.23. The van der Waals surface area contributed by atoms with Crippen molar-refractivity contribution >= 4 is 5.91 Å². The van der Waals surface area contributed by atoms with E-state index in [1.807, 2.05) is 18.7 Å². The molecule has 1 aromatic rings. The highest BCUT2D eigenvalue weighted by molar-refractivity contribution is 5.80. The molecule has 0 bridgehead atoms. The van der Waals surface area contributed by atoms with Gasteiger partial charge in [0.05, 0.1) is 17.9 Å². The Morgan fingerprint density at radius 3 is 2.95 bits per heavy atom. The zero-order chi connectivity index (χ0) is 13.8. The van der Waals surface area contributed by atoms with Crippen LogP contribution in [0.15, 0.2) is 0 Å². The Balaban J connectivity index is 2.00. The summed E-state index contributed by atoms with van der Waals surface area (Å²) in [7, 11) is 1.95. The first-order valence-corrected chi connectivity index (χ1v) is 7.06. The first-order valence-electron chi connectivity index (χ1n) is 7.06. The molecule has 1 N–H and O–H groups in total. The number of nitrogens with one attached hydrogen (secondary N) is 1. The van der Waals surface area contributed by atoms with Gasteiger partial charge in [0.2, 0.25) is 5.91 Å². The van der Waals surface area contributed by atoms with Crippen molar-refractivity contribution in [2.45, 2.75) is 52.2 Å². The Kier molecular flexibility index (Phi) is 4.58. The fraction of sp³-hybridized carbons (Fsp3) is 0.714. The van der Waals surface area contributed by atoms with Gasteiger partial charge >= 0.3 is 0 Å². The van der Waals surface area contributed by atoms with Crippen LogP contribution in [0.4, 0.5) is 0 Å². The van der Waals surface area contributed by atoms with Gasteiger partial charge in [0.1, 0.15) is 6.10 Å². The van der Waals surface area contributed by atoms with Crippen molar-refractivity contribution in [2.75, 3.05) is 6.61 Å². The van der Waals surface area contributed by atoms with Crippen molar-refractivity contribution in [1.82, 2.24) is 15.1 Å². The smallest absolute Gasteiger partial charge is 0.249 e. The minimum absolute atomic E-state index is 0.0624. The summed E-state index contributed by atoms with van der Waals surface area (Å²) in [6, 6.07) is 0. The van der Waals surface area contributed by atoms with Crippen LogP contribution < -0.4 is 5.32 Å². The predicted molar refractivity (Wildman–Crippen MR) is 72.8 cm³/mol. The normalized spacial score (nSPS) is 15.9. The number of hydrogen-bond acceptors (Lipinski definition) is 3. The number of carbonyl (C=O) groups is 1. The maximum absolute atomic E-state index is 11.8. The molecule has 1 amide bonds. The lowest BCUT2D eigenvalue weighted by Crippen LogP contribution is -2.34. The van der Waals surface area contributed by atoms with E-state index in [1.54, 1.807) is 6.92 Å². The molecule has 1 atom stereocenters. The monoisotopic (exact) mass is 265 g/mol. The van der Waals surface area contributed by atoms with Crippen LogP contribution in [0.1, 0.15) is 43.6 Å². The SMILES string of the molecule is CCO[C@H](C)C(=O)NCc1c2c(nn1C)CCCC2. The third-order valence-electron chi connectivity index (χ3n) is 3.66. The van der Waals surface area contributed by atoms with E-state index >= 15 is 0 Å². The van der Waals surface area contributed by atoms with E-state index in [0.717, 1.165) is 18.5 Å². The molecular formula is C14H23N3O2. The Labute approximate surface area is 114 Å². The Hall–Kier alpha value is -1.36. The van der Waals surface area contributed by atoms with Gasteiger partial charge in [-0.1, -0.05) is 0 Å². The summed E-state index contributed by atoms with van der Waals surface area (Å²) in [5.74, 6) is -0.0624. The molecular weight excluding hydrogens is 242 g/mol. The topological polar surface area (TPSA) is 56.1 Å².